The zero-order chi connectivity index (χ0) is 4.99. The highest BCUT2D eigenvalue weighted by Crippen LogP contribution is 1.90. The SMILES string of the molecule is [B]CC(O)CC. The third kappa shape index (κ3) is 2.27. The Morgan fingerprint density at radius 3 is 2.33 bits per heavy atom. The molecule has 0 aliphatic carbocycles. The van der Waals surface area contributed by atoms with Crippen LogP contribution in [0, 0.1) is 0 Å². The summed E-state index contributed by atoms with van der Waals surface area (Å²) in [5.41, 5.74) is 0. The van der Waals surface area contributed by atoms with Crippen molar-refractivity contribution in [3.63, 3.8) is 0 Å². The van der Waals surface area contributed by atoms with Crippen LogP contribution >= 0.6 is 0 Å². The van der Waals surface area contributed by atoms with Gasteiger partial charge >= 0.3 is 0 Å². The fraction of sp³-hybridized carbons (Fsp3) is 1.00. The van der Waals surface area contributed by atoms with Crippen LogP contribution in [0.4, 0.5) is 0 Å². The third-order valence-electron chi connectivity index (χ3n) is 0.743. The van der Waals surface area contributed by atoms with E-state index in [1.54, 1.807) is 0 Å². The molecular formula is C4H9BO. The van der Waals surface area contributed by atoms with Gasteiger partial charge in [-0.2, -0.15) is 0 Å². The van der Waals surface area contributed by atoms with Crippen molar-refractivity contribution in [2.24, 2.45) is 0 Å². The molecular weight excluding hydrogens is 74.9 g/mol. The molecule has 0 aliphatic rings. The van der Waals surface area contributed by atoms with Gasteiger partial charge in [0.05, 0.1) is 7.85 Å². The van der Waals surface area contributed by atoms with E-state index in [9.17, 15) is 0 Å². The van der Waals surface area contributed by atoms with Crippen molar-refractivity contribution in [2.75, 3.05) is 0 Å². The van der Waals surface area contributed by atoms with Crippen LogP contribution in [0.15, 0.2) is 0 Å². The van der Waals surface area contributed by atoms with Crippen LogP contribution < -0.4 is 0 Å². The molecule has 0 aromatic rings. The molecule has 0 amide bonds. The summed E-state index contributed by atoms with van der Waals surface area (Å²) >= 11 is 0. The minimum Gasteiger partial charge on any atom is -0.394 e. The second-order valence-electron chi connectivity index (χ2n) is 1.30. The van der Waals surface area contributed by atoms with E-state index in [0.29, 0.717) is 6.32 Å². The molecule has 1 atom stereocenters. The first-order valence-electron chi connectivity index (χ1n) is 2.19. The van der Waals surface area contributed by atoms with Gasteiger partial charge in [-0.25, -0.2) is 0 Å². The molecule has 2 radical (unpaired) electrons. The van der Waals surface area contributed by atoms with Crippen molar-refractivity contribution in [1.82, 2.24) is 0 Å². The lowest BCUT2D eigenvalue weighted by Crippen LogP contribution is -2.00. The summed E-state index contributed by atoms with van der Waals surface area (Å²) in [5, 5.41) is 8.54. The smallest absolute Gasteiger partial charge is 0.0687 e. The van der Waals surface area contributed by atoms with E-state index in [1.165, 1.54) is 0 Å². The highest BCUT2D eigenvalue weighted by atomic mass is 16.3. The Labute approximate surface area is 39.8 Å². The molecule has 1 N–H and O–H groups in total. The minimum atomic E-state index is -0.287. The lowest BCUT2D eigenvalue weighted by Gasteiger charge is -1.98. The van der Waals surface area contributed by atoms with E-state index in [0.717, 1.165) is 6.42 Å². The summed E-state index contributed by atoms with van der Waals surface area (Å²) in [7, 11) is 5.03. The molecule has 0 aromatic carbocycles. The average Bonchev–Trinajstić information content (AvgIpc) is 1.65. The first-order valence-corrected chi connectivity index (χ1v) is 2.19. The molecule has 0 heterocycles. The van der Waals surface area contributed by atoms with Crippen LogP contribution in [0.3, 0.4) is 0 Å². The Balaban J connectivity index is 2.75. The van der Waals surface area contributed by atoms with Crippen LogP contribution in [0.1, 0.15) is 13.3 Å². The predicted octanol–water partition coefficient (Wildman–Crippen LogP) is 0.344. The standard InChI is InChI=1S/C4H9BO/c1-2-4(6)3-5/h4,6H,2-3H2,1H3. The van der Waals surface area contributed by atoms with Crippen LogP contribution in [-0.4, -0.2) is 19.1 Å². The van der Waals surface area contributed by atoms with Gasteiger partial charge in [-0.1, -0.05) is 13.2 Å². The van der Waals surface area contributed by atoms with Crippen molar-refractivity contribution >= 4 is 7.85 Å². The minimum absolute atomic E-state index is 0.287. The van der Waals surface area contributed by atoms with E-state index in [2.05, 4.69) is 0 Å². The summed E-state index contributed by atoms with van der Waals surface area (Å²) in [4.78, 5) is 0. The van der Waals surface area contributed by atoms with Crippen LogP contribution in [0.25, 0.3) is 0 Å². The van der Waals surface area contributed by atoms with Gasteiger partial charge in [0.2, 0.25) is 0 Å². The maximum Gasteiger partial charge on any atom is 0.0687 e. The predicted molar refractivity (Wildman–Crippen MR) is 26.9 cm³/mol. The molecule has 0 aliphatic heterocycles. The highest BCUT2D eigenvalue weighted by Gasteiger charge is 1.90. The molecule has 1 unspecified atom stereocenters. The van der Waals surface area contributed by atoms with Crippen LogP contribution in [0.5, 0.6) is 0 Å². The molecule has 2 heteroatoms. The monoisotopic (exact) mass is 84.1 g/mol. The van der Waals surface area contributed by atoms with Crippen molar-refractivity contribution in [3.8, 4) is 0 Å². The van der Waals surface area contributed by atoms with Gasteiger partial charge in [-0.3, -0.25) is 0 Å². The maximum atomic E-state index is 8.54. The summed E-state index contributed by atoms with van der Waals surface area (Å²) in [6, 6.07) is 0. The molecule has 0 spiro atoms. The zero-order valence-corrected chi connectivity index (χ0v) is 4.02. The van der Waals surface area contributed by atoms with Crippen LogP contribution in [-0.2, 0) is 0 Å². The number of aliphatic hydroxyl groups is 1. The molecule has 1 nitrogen and oxygen atoms in total. The van der Waals surface area contributed by atoms with E-state index >= 15 is 0 Å². The summed E-state index contributed by atoms with van der Waals surface area (Å²) in [5.74, 6) is 0. The van der Waals surface area contributed by atoms with Gasteiger partial charge < -0.3 is 5.11 Å². The fourth-order valence-corrected chi connectivity index (χ4v) is 0.167. The van der Waals surface area contributed by atoms with Crippen molar-refractivity contribution < 1.29 is 5.11 Å². The third-order valence-corrected chi connectivity index (χ3v) is 0.743. The molecule has 0 rings (SSSR count). The van der Waals surface area contributed by atoms with Gasteiger partial charge in [-0.05, 0) is 6.42 Å². The second kappa shape index (κ2) is 3.22. The molecule has 34 valence electrons. The normalized spacial score (nSPS) is 14.3. The number of rotatable bonds is 2. The first kappa shape index (κ1) is 6.02. The summed E-state index contributed by atoms with van der Waals surface area (Å²) in [6.45, 7) is 1.90. The zero-order valence-electron chi connectivity index (χ0n) is 4.02. The maximum absolute atomic E-state index is 8.54. The molecule has 0 fully saturated rings. The van der Waals surface area contributed by atoms with E-state index < -0.39 is 0 Å². The second-order valence-corrected chi connectivity index (χ2v) is 1.30. The number of hydrogen-bond acceptors (Lipinski definition) is 1. The first-order chi connectivity index (χ1) is 2.81. The van der Waals surface area contributed by atoms with Crippen LogP contribution in [0.2, 0.25) is 6.32 Å². The van der Waals surface area contributed by atoms with Gasteiger partial charge in [-0.15, -0.1) is 0 Å². The summed E-state index contributed by atoms with van der Waals surface area (Å²) < 4.78 is 0. The van der Waals surface area contributed by atoms with Crippen molar-refractivity contribution in [2.45, 2.75) is 25.8 Å². The van der Waals surface area contributed by atoms with E-state index in [1.807, 2.05) is 6.92 Å². The van der Waals surface area contributed by atoms with Gasteiger partial charge in [0.15, 0.2) is 0 Å². The topological polar surface area (TPSA) is 20.2 Å². The van der Waals surface area contributed by atoms with Crippen molar-refractivity contribution in [1.29, 1.82) is 0 Å². The van der Waals surface area contributed by atoms with Gasteiger partial charge in [0.25, 0.3) is 0 Å². The largest absolute Gasteiger partial charge is 0.394 e. The molecule has 0 saturated heterocycles. The Morgan fingerprint density at radius 2 is 2.33 bits per heavy atom. The quantitative estimate of drug-likeness (QED) is 0.478. The van der Waals surface area contributed by atoms with Gasteiger partial charge in [0.1, 0.15) is 0 Å². The fourth-order valence-electron chi connectivity index (χ4n) is 0.167. The van der Waals surface area contributed by atoms with Crippen molar-refractivity contribution in [3.05, 3.63) is 0 Å². The Hall–Kier alpha value is 0.0249. The lowest BCUT2D eigenvalue weighted by molar-refractivity contribution is 0.191. The molecule has 6 heavy (non-hydrogen) atoms. The lowest BCUT2D eigenvalue weighted by atomic mass is 9.98. The Kier molecular flexibility index (Phi) is 3.24. The molecule has 0 saturated carbocycles. The highest BCUT2D eigenvalue weighted by molar-refractivity contribution is 6.08. The van der Waals surface area contributed by atoms with Gasteiger partial charge in [0, 0.05) is 6.10 Å². The molecule has 0 aromatic heterocycles. The number of hydrogen-bond donors (Lipinski definition) is 1. The molecule has 0 bridgehead atoms. The Morgan fingerprint density at radius 1 is 1.83 bits per heavy atom. The van der Waals surface area contributed by atoms with E-state index in [4.69, 9.17) is 13.0 Å². The Bertz CT molecular complexity index is 26.7. The van der Waals surface area contributed by atoms with E-state index in [-0.39, 0.29) is 6.10 Å². The number of aliphatic hydroxyl groups excluding tert-OH is 1. The summed E-state index contributed by atoms with van der Waals surface area (Å²) in [6.07, 6.45) is 0.859. The average molecular weight is 83.9 g/mol.